The van der Waals surface area contributed by atoms with Crippen molar-refractivity contribution in [1.82, 2.24) is 10.2 Å². The molecule has 2 aromatic carbocycles. The minimum absolute atomic E-state index is 0.0711. The average molecular weight is 365 g/mol. The van der Waals surface area contributed by atoms with Crippen molar-refractivity contribution in [2.24, 2.45) is 5.14 Å². The topological polar surface area (TPSA) is 115 Å². The Labute approximate surface area is 143 Å². The van der Waals surface area contributed by atoms with Crippen LogP contribution in [0, 0.1) is 0 Å². The third-order valence-electron chi connectivity index (χ3n) is 2.87. The van der Waals surface area contributed by atoms with Crippen LogP contribution < -0.4 is 9.88 Å². The van der Waals surface area contributed by atoms with Gasteiger partial charge in [-0.15, -0.1) is 10.2 Å². The van der Waals surface area contributed by atoms with Gasteiger partial charge in [0.2, 0.25) is 10.0 Å². The fourth-order valence-electron chi connectivity index (χ4n) is 1.81. The van der Waals surface area contributed by atoms with E-state index in [1.165, 1.54) is 30.0 Å². The first-order valence-electron chi connectivity index (χ1n) is 6.64. The zero-order valence-electron chi connectivity index (χ0n) is 12.7. The minimum atomic E-state index is -3.72. The number of nitrogens with two attached hydrogens (primary N) is 1. The van der Waals surface area contributed by atoms with Gasteiger partial charge in [-0.25, -0.2) is 13.6 Å². The Balaban J connectivity index is 0.000000198. The second-order valence-electron chi connectivity index (χ2n) is 4.46. The summed E-state index contributed by atoms with van der Waals surface area (Å²) < 4.78 is 27.4. The monoisotopic (exact) mass is 365 g/mol. The molecule has 0 atom stereocenters. The first-order chi connectivity index (χ1) is 11.4. The maximum absolute atomic E-state index is 11.3. The van der Waals surface area contributed by atoms with Crippen molar-refractivity contribution >= 4 is 21.4 Å². The van der Waals surface area contributed by atoms with Crippen LogP contribution in [0.2, 0.25) is 0 Å². The zero-order valence-corrected chi connectivity index (χ0v) is 14.3. The number of primary sulfonamides is 1. The molecule has 0 saturated heterocycles. The standard InChI is InChI=1S/C8H7N3O2S2.C7H8O2/c9-15(12,13)7-4-2-1-3-6(7)8-11-10-5-14-8;1-9-7-5-3-2-4-6(7)8/h1-5H,(H2,9,12,13);2-5,8H,1H3. The van der Waals surface area contributed by atoms with Crippen LogP contribution in [0.25, 0.3) is 10.6 Å². The van der Waals surface area contributed by atoms with Crippen LogP contribution >= 0.6 is 11.3 Å². The third kappa shape index (κ3) is 4.51. The number of methoxy groups -OCH3 is 1. The molecule has 0 saturated carbocycles. The van der Waals surface area contributed by atoms with Crippen molar-refractivity contribution in [2.45, 2.75) is 4.90 Å². The molecule has 0 unspecified atom stereocenters. The van der Waals surface area contributed by atoms with Gasteiger partial charge in [0.05, 0.1) is 12.0 Å². The van der Waals surface area contributed by atoms with E-state index in [1.807, 2.05) is 0 Å². The van der Waals surface area contributed by atoms with E-state index in [9.17, 15) is 8.42 Å². The molecule has 0 aliphatic heterocycles. The first-order valence-corrected chi connectivity index (χ1v) is 9.06. The normalized spacial score (nSPS) is 10.6. The van der Waals surface area contributed by atoms with Crippen molar-refractivity contribution in [2.75, 3.05) is 7.11 Å². The highest BCUT2D eigenvalue weighted by molar-refractivity contribution is 7.89. The van der Waals surface area contributed by atoms with Gasteiger partial charge >= 0.3 is 0 Å². The molecule has 0 aliphatic rings. The van der Waals surface area contributed by atoms with Gasteiger partial charge in [-0.2, -0.15) is 0 Å². The number of benzene rings is 2. The number of aromatic nitrogens is 2. The molecule has 3 N–H and O–H groups in total. The van der Waals surface area contributed by atoms with Crippen molar-refractivity contribution in [3.05, 3.63) is 54.0 Å². The highest BCUT2D eigenvalue weighted by Crippen LogP contribution is 2.27. The molecule has 0 amide bonds. The molecule has 126 valence electrons. The summed E-state index contributed by atoms with van der Waals surface area (Å²) in [7, 11) is -2.20. The summed E-state index contributed by atoms with van der Waals surface area (Å²) in [6.07, 6.45) is 0. The molecular formula is C15H15N3O4S2. The van der Waals surface area contributed by atoms with Crippen LogP contribution in [0.3, 0.4) is 0 Å². The number of ether oxygens (including phenoxy) is 1. The first kappa shape index (κ1) is 17.9. The van der Waals surface area contributed by atoms with E-state index in [4.69, 9.17) is 15.0 Å². The van der Waals surface area contributed by atoms with Crippen LogP contribution in [0.15, 0.2) is 58.9 Å². The molecule has 9 heteroatoms. The lowest BCUT2D eigenvalue weighted by Crippen LogP contribution is -2.13. The van der Waals surface area contributed by atoms with Gasteiger partial charge in [-0.1, -0.05) is 41.7 Å². The lowest BCUT2D eigenvalue weighted by molar-refractivity contribution is 0.373. The van der Waals surface area contributed by atoms with Crippen molar-refractivity contribution in [1.29, 1.82) is 0 Å². The van der Waals surface area contributed by atoms with E-state index in [0.717, 1.165) is 0 Å². The van der Waals surface area contributed by atoms with Gasteiger partial charge in [0.25, 0.3) is 0 Å². The molecule has 24 heavy (non-hydrogen) atoms. The van der Waals surface area contributed by atoms with Crippen LogP contribution in [-0.4, -0.2) is 30.8 Å². The van der Waals surface area contributed by atoms with Gasteiger partial charge in [0, 0.05) is 5.56 Å². The summed E-state index contributed by atoms with van der Waals surface area (Å²) in [6, 6.07) is 13.3. The smallest absolute Gasteiger partial charge is 0.238 e. The van der Waals surface area contributed by atoms with E-state index >= 15 is 0 Å². The molecule has 1 heterocycles. The van der Waals surface area contributed by atoms with Crippen LogP contribution in [0.1, 0.15) is 0 Å². The number of hydrogen-bond donors (Lipinski definition) is 2. The highest BCUT2D eigenvalue weighted by Gasteiger charge is 2.15. The zero-order chi connectivity index (χ0) is 17.6. The number of hydrogen-bond acceptors (Lipinski definition) is 7. The lowest BCUT2D eigenvalue weighted by atomic mass is 10.2. The number of nitrogens with zero attached hydrogens (tertiary/aromatic N) is 2. The van der Waals surface area contributed by atoms with Crippen LogP contribution in [-0.2, 0) is 10.0 Å². The summed E-state index contributed by atoms with van der Waals surface area (Å²) in [6.45, 7) is 0. The Morgan fingerprint density at radius 1 is 1.12 bits per heavy atom. The summed E-state index contributed by atoms with van der Waals surface area (Å²) >= 11 is 1.26. The summed E-state index contributed by atoms with van der Waals surface area (Å²) in [5.41, 5.74) is 2.03. The SMILES string of the molecule is COc1ccccc1O.NS(=O)(=O)c1ccccc1-c1nncs1. The van der Waals surface area contributed by atoms with Gasteiger partial charge in [0.1, 0.15) is 10.5 Å². The number of para-hydroxylation sites is 2. The van der Waals surface area contributed by atoms with Gasteiger partial charge < -0.3 is 9.84 Å². The van der Waals surface area contributed by atoms with Gasteiger partial charge in [-0.3, -0.25) is 0 Å². The summed E-state index contributed by atoms with van der Waals surface area (Å²) in [5, 5.41) is 22.1. The Kier molecular flexibility index (Phi) is 5.85. The molecule has 3 aromatic rings. The van der Waals surface area contributed by atoms with Crippen molar-refractivity contribution in [3.63, 3.8) is 0 Å². The van der Waals surface area contributed by atoms with E-state index < -0.39 is 10.0 Å². The minimum Gasteiger partial charge on any atom is -0.504 e. The number of phenolic OH excluding ortho intramolecular Hbond substituents is 1. The Hall–Kier alpha value is -2.49. The van der Waals surface area contributed by atoms with E-state index in [-0.39, 0.29) is 10.6 Å². The second kappa shape index (κ2) is 7.86. The molecule has 0 aliphatic carbocycles. The number of sulfonamides is 1. The fraction of sp³-hybridized carbons (Fsp3) is 0.0667. The molecular weight excluding hydrogens is 350 g/mol. The number of phenols is 1. The maximum Gasteiger partial charge on any atom is 0.238 e. The predicted molar refractivity (Wildman–Crippen MR) is 91.4 cm³/mol. The van der Waals surface area contributed by atoms with Crippen LogP contribution in [0.4, 0.5) is 0 Å². The molecule has 0 fully saturated rings. The molecule has 1 aromatic heterocycles. The fourth-order valence-corrected chi connectivity index (χ4v) is 3.21. The highest BCUT2D eigenvalue weighted by atomic mass is 32.2. The van der Waals surface area contributed by atoms with Crippen molar-refractivity contribution < 1.29 is 18.3 Å². The largest absolute Gasteiger partial charge is 0.504 e. The maximum atomic E-state index is 11.3. The summed E-state index contributed by atoms with van der Waals surface area (Å²) in [4.78, 5) is 0.0711. The summed E-state index contributed by atoms with van der Waals surface area (Å²) in [5.74, 6) is 0.692. The molecule has 7 nitrogen and oxygen atoms in total. The predicted octanol–water partition coefficient (Wildman–Crippen LogP) is 2.25. The quantitative estimate of drug-likeness (QED) is 0.735. The average Bonchev–Trinajstić information content (AvgIpc) is 3.09. The van der Waals surface area contributed by atoms with E-state index in [1.54, 1.807) is 42.5 Å². The second-order valence-corrected chi connectivity index (χ2v) is 6.82. The number of rotatable bonds is 3. The van der Waals surface area contributed by atoms with Crippen molar-refractivity contribution in [3.8, 4) is 22.1 Å². The van der Waals surface area contributed by atoms with Gasteiger partial charge in [0.15, 0.2) is 11.5 Å². The van der Waals surface area contributed by atoms with E-state index in [2.05, 4.69) is 10.2 Å². The lowest BCUT2D eigenvalue weighted by Gasteiger charge is -2.02. The van der Waals surface area contributed by atoms with E-state index in [0.29, 0.717) is 16.3 Å². The van der Waals surface area contributed by atoms with Crippen LogP contribution in [0.5, 0.6) is 11.5 Å². The Morgan fingerprint density at radius 2 is 1.79 bits per heavy atom. The Bertz CT molecular complexity index is 897. The van der Waals surface area contributed by atoms with Gasteiger partial charge in [-0.05, 0) is 18.2 Å². The molecule has 3 rings (SSSR count). The third-order valence-corrected chi connectivity index (χ3v) is 4.56. The number of aromatic hydroxyl groups is 1. The molecule has 0 spiro atoms. The molecule has 0 radical (unpaired) electrons. The Morgan fingerprint density at radius 3 is 2.33 bits per heavy atom. The molecule has 0 bridgehead atoms.